The highest BCUT2D eigenvalue weighted by Crippen LogP contribution is 2.06. The first-order valence-electron chi connectivity index (χ1n) is 5.43. The molecule has 1 atom stereocenters. The maximum Gasteiger partial charge on any atom is 0.326 e. The van der Waals surface area contributed by atoms with Crippen LogP contribution >= 0.6 is 0 Å². The van der Waals surface area contributed by atoms with Crippen LogP contribution in [-0.4, -0.2) is 32.8 Å². The van der Waals surface area contributed by atoms with Gasteiger partial charge >= 0.3 is 5.97 Å². The van der Waals surface area contributed by atoms with E-state index in [4.69, 9.17) is 5.11 Å². The first kappa shape index (κ1) is 13.2. The highest BCUT2D eigenvalue weighted by molar-refractivity contribution is 5.95. The standard InChI is InChI=1S/C11H17N3O3/c1-7(2)6-8(11(16)17)13-10(15)9-4-5-12-14(9)3/h4-5,7-8H,6H2,1-3H3,(H,13,15)(H,16,17). The Morgan fingerprint density at radius 3 is 2.59 bits per heavy atom. The summed E-state index contributed by atoms with van der Waals surface area (Å²) in [4.78, 5) is 22.8. The third kappa shape index (κ3) is 3.58. The molecule has 1 rings (SSSR count). The van der Waals surface area contributed by atoms with Crippen molar-refractivity contribution in [3.05, 3.63) is 18.0 Å². The molecule has 0 radical (unpaired) electrons. The van der Waals surface area contributed by atoms with Crippen molar-refractivity contribution in [3.8, 4) is 0 Å². The van der Waals surface area contributed by atoms with Gasteiger partial charge in [0, 0.05) is 13.2 Å². The average Bonchev–Trinajstić information content (AvgIpc) is 2.62. The largest absolute Gasteiger partial charge is 0.480 e. The highest BCUT2D eigenvalue weighted by atomic mass is 16.4. The van der Waals surface area contributed by atoms with Crippen molar-refractivity contribution < 1.29 is 14.7 Å². The van der Waals surface area contributed by atoms with Gasteiger partial charge in [-0.15, -0.1) is 0 Å². The van der Waals surface area contributed by atoms with E-state index in [1.165, 1.54) is 10.9 Å². The van der Waals surface area contributed by atoms with E-state index in [0.717, 1.165) is 0 Å². The Kier molecular flexibility index (Phi) is 4.25. The molecule has 0 aliphatic rings. The molecule has 0 saturated carbocycles. The molecule has 0 aromatic carbocycles. The van der Waals surface area contributed by atoms with Crippen LogP contribution in [0.5, 0.6) is 0 Å². The molecule has 0 spiro atoms. The lowest BCUT2D eigenvalue weighted by Gasteiger charge is -2.16. The highest BCUT2D eigenvalue weighted by Gasteiger charge is 2.22. The van der Waals surface area contributed by atoms with E-state index in [-0.39, 0.29) is 5.92 Å². The van der Waals surface area contributed by atoms with E-state index in [0.29, 0.717) is 12.1 Å². The van der Waals surface area contributed by atoms with Crippen molar-refractivity contribution >= 4 is 11.9 Å². The summed E-state index contributed by atoms with van der Waals surface area (Å²) >= 11 is 0. The molecule has 1 amide bonds. The van der Waals surface area contributed by atoms with Crippen molar-refractivity contribution in [2.45, 2.75) is 26.3 Å². The Morgan fingerprint density at radius 2 is 2.18 bits per heavy atom. The lowest BCUT2D eigenvalue weighted by molar-refractivity contribution is -0.139. The molecular weight excluding hydrogens is 222 g/mol. The van der Waals surface area contributed by atoms with Crippen LogP contribution in [0.15, 0.2) is 12.3 Å². The Morgan fingerprint density at radius 1 is 1.53 bits per heavy atom. The number of hydrogen-bond donors (Lipinski definition) is 2. The molecule has 2 N–H and O–H groups in total. The molecule has 94 valence electrons. The second kappa shape index (κ2) is 5.47. The van der Waals surface area contributed by atoms with Crippen LogP contribution in [0, 0.1) is 5.92 Å². The number of aliphatic carboxylic acids is 1. The maximum absolute atomic E-state index is 11.8. The maximum atomic E-state index is 11.8. The molecule has 1 heterocycles. The van der Waals surface area contributed by atoms with Gasteiger partial charge in [-0.2, -0.15) is 5.10 Å². The van der Waals surface area contributed by atoms with Crippen LogP contribution in [0.4, 0.5) is 0 Å². The third-order valence-corrected chi connectivity index (χ3v) is 2.36. The summed E-state index contributed by atoms with van der Waals surface area (Å²) in [6, 6.07) is 0.682. The summed E-state index contributed by atoms with van der Waals surface area (Å²) in [6.45, 7) is 3.82. The Hall–Kier alpha value is -1.85. The number of carbonyl (C=O) groups excluding carboxylic acids is 1. The second-order valence-electron chi connectivity index (χ2n) is 4.33. The number of nitrogens with zero attached hydrogens (tertiary/aromatic N) is 2. The van der Waals surface area contributed by atoms with Crippen molar-refractivity contribution in [2.24, 2.45) is 13.0 Å². The molecule has 0 fully saturated rings. The summed E-state index contributed by atoms with van der Waals surface area (Å²) in [5.74, 6) is -1.24. The van der Waals surface area contributed by atoms with Gasteiger partial charge in [0.1, 0.15) is 11.7 Å². The number of amides is 1. The number of carboxylic acids is 1. The molecule has 1 aromatic rings. The first-order chi connectivity index (χ1) is 7.91. The summed E-state index contributed by atoms with van der Waals surface area (Å²) in [5, 5.41) is 15.4. The quantitative estimate of drug-likeness (QED) is 0.790. The predicted molar refractivity (Wildman–Crippen MR) is 61.6 cm³/mol. The lowest BCUT2D eigenvalue weighted by Crippen LogP contribution is -2.42. The van der Waals surface area contributed by atoms with Crippen molar-refractivity contribution in [1.82, 2.24) is 15.1 Å². The van der Waals surface area contributed by atoms with Crippen LogP contribution in [0.2, 0.25) is 0 Å². The normalized spacial score (nSPS) is 12.5. The summed E-state index contributed by atoms with van der Waals surface area (Å²) in [5.41, 5.74) is 0.347. The second-order valence-corrected chi connectivity index (χ2v) is 4.33. The fourth-order valence-corrected chi connectivity index (χ4v) is 1.52. The molecule has 0 aliphatic carbocycles. The molecule has 6 nitrogen and oxygen atoms in total. The van der Waals surface area contributed by atoms with Crippen LogP contribution in [-0.2, 0) is 11.8 Å². The van der Waals surface area contributed by atoms with Gasteiger partial charge in [0.2, 0.25) is 0 Å². The average molecular weight is 239 g/mol. The first-order valence-corrected chi connectivity index (χ1v) is 5.43. The topological polar surface area (TPSA) is 84.2 Å². The number of aromatic nitrogens is 2. The van der Waals surface area contributed by atoms with E-state index in [9.17, 15) is 9.59 Å². The van der Waals surface area contributed by atoms with Gasteiger partial charge in [-0.05, 0) is 18.4 Å². The van der Waals surface area contributed by atoms with E-state index < -0.39 is 17.9 Å². The van der Waals surface area contributed by atoms with E-state index in [1.807, 2.05) is 13.8 Å². The van der Waals surface area contributed by atoms with Gasteiger partial charge in [-0.25, -0.2) is 4.79 Å². The van der Waals surface area contributed by atoms with Gasteiger partial charge in [0.05, 0.1) is 0 Å². The molecular formula is C11H17N3O3. The van der Waals surface area contributed by atoms with Crippen LogP contribution in [0.3, 0.4) is 0 Å². The monoisotopic (exact) mass is 239 g/mol. The minimum atomic E-state index is -1.02. The summed E-state index contributed by atoms with van der Waals surface area (Å²) in [7, 11) is 1.63. The molecule has 6 heteroatoms. The van der Waals surface area contributed by atoms with Gasteiger partial charge in [-0.1, -0.05) is 13.8 Å². The van der Waals surface area contributed by atoms with Gasteiger partial charge in [0.25, 0.3) is 5.91 Å². The van der Waals surface area contributed by atoms with Crippen LogP contribution in [0.25, 0.3) is 0 Å². The van der Waals surface area contributed by atoms with E-state index >= 15 is 0 Å². The zero-order valence-electron chi connectivity index (χ0n) is 10.2. The fourth-order valence-electron chi connectivity index (χ4n) is 1.52. The van der Waals surface area contributed by atoms with Crippen molar-refractivity contribution in [2.75, 3.05) is 0 Å². The van der Waals surface area contributed by atoms with Crippen molar-refractivity contribution in [1.29, 1.82) is 0 Å². The minimum absolute atomic E-state index is 0.197. The summed E-state index contributed by atoms with van der Waals surface area (Å²) in [6.07, 6.45) is 1.89. The van der Waals surface area contributed by atoms with Gasteiger partial charge in [-0.3, -0.25) is 9.48 Å². The number of aryl methyl sites for hydroxylation is 1. The lowest BCUT2D eigenvalue weighted by atomic mass is 10.0. The molecule has 1 unspecified atom stereocenters. The number of nitrogens with one attached hydrogen (secondary N) is 1. The van der Waals surface area contributed by atoms with Crippen LogP contribution < -0.4 is 5.32 Å². The minimum Gasteiger partial charge on any atom is -0.480 e. The zero-order valence-corrected chi connectivity index (χ0v) is 10.2. The molecule has 0 aliphatic heterocycles. The smallest absolute Gasteiger partial charge is 0.326 e. The number of carboxylic acid groups (broad SMARTS) is 1. The Labute approximate surface area is 99.6 Å². The predicted octanol–water partition coefficient (Wildman–Crippen LogP) is 0.649. The molecule has 17 heavy (non-hydrogen) atoms. The van der Waals surface area contributed by atoms with Crippen molar-refractivity contribution in [3.63, 3.8) is 0 Å². The Balaban J connectivity index is 2.71. The number of carbonyl (C=O) groups is 2. The molecule has 1 aromatic heterocycles. The Bertz CT molecular complexity index is 412. The number of rotatable bonds is 5. The number of hydrogen-bond acceptors (Lipinski definition) is 3. The molecule has 0 saturated heterocycles. The SMILES string of the molecule is CC(C)CC(NC(=O)c1ccnn1C)C(=O)O. The van der Waals surface area contributed by atoms with Crippen LogP contribution in [0.1, 0.15) is 30.8 Å². The fraction of sp³-hybridized carbons (Fsp3) is 0.545. The van der Waals surface area contributed by atoms with E-state index in [1.54, 1.807) is 13.1 Å². The summed E-state index contributed by atoms with van der Waals surface area (Å²) < 4.78 is 1.41. The van der Waals surface area contributed by atoms with Gasteiger partial charge in [0.15, 0.2) is 0 Å². The zero-order chi connectivity index (χ0) is 13.0. The molecule has 0 bridgehead atoms. The van der Waals surface area contributed by atoms with E-state index in [2.05, 4.69) is 10.4 Å². The third-order valence-electron chi connectivity index (χ3n) is 2.36. The van der Waals surface area contributed by atoms with Gasteiger partial charge < -0.3 is 10.4 Å².